The fraction of sp³-hybridized carbons (Fsp3) is 0.0476. The van der Waals surface area contributed by atoms with Gasteiger partial charge in [-0.05, 0) is 42.8 Å². The van der Waals surface area contributed by atoms with E-state index in [-0.39, 0.29) is 11.6 Å². The third kappa shape index (κ3) is 3.96. The lowest BCUT2D eigenvalue weighted by molar-refractivity contribution is -0.384. The van der Waals surface area contributed by atoms with Crippen molar-refractivity contribution in [3.63, 3.8) is 0 Å². The lowest BCUT2D eigenvalue weighted by Crippen LogP contribution is -2.27. The SMILES string of the molecule is Cc1ccc(-c2ccc(C=C3SC(=S)N(c4cccc([N+](=O)[O-])c4)C3=O)o2)c(Br)c1. The molecule has 0 N–H and O–H groups in total. The summed E-state index contributed by atoms with van der Waals surface area (Å²) < 4.78 is 7.13. The van der Waals surface area contributed by atoms with E-state index in [2.05, 4.69) is 15.9 Å². The molecule has 0 saturated carbocycles. The maximum Gasteiger partial charge on any atom is 0.271 e. The highest BCUT2D eigenvalue weighted by Crippen LogP contribution is 2.38. The lowest BCUT2D eigenvalue weighted by atomic mass is 10.1. The van der Waals surface area contributed by atoms with Gasteiger partial charge in [0, 0.05) is 28.2 Å². The maximum absolute atomic E-state index is 12.9. The predicted molar refractivity (Wildman–Crippen MR) is 125 cm³/mol. The minimum Gasteiger partial charge on any atom is -0.457 e. The molecule has 1 fully saturated rings. The van der Waals surface area contributed by atoms with E-state index in [1.165, 1.54) is 23.1 Å². The zero-order valence-electron chi connectivity index (χ0n) is 15.5. The van der Waals surface area contributed by atoms with Crippen LogP contribution in [-0.4, -0.2) is 15.2 Å². The summed E-state index contributed by atoms with van der Waals surface area (Å²) in [5, 5.41) is 11.0. The molecule has 150 valence electrons. The Balaban J connectivity index is 1.62. The van der Waals surface area contributed by atoms with Crippen LogP contribution < -0.4 is 4.90 Å². The van der Waals surface area contributed by atoms with E-state index in [4.69, 9.17) is 16.6 Å². The average Bonchev–Trinajstić information content (AvgIpc) is 3.26. The number of thioether (sulfide) groups is 1. The number of nitro groups is 1. The molecular weight excluding hydrogens is 488 g/mol. The molecule has 9 heteroatoms. The topological polar surface area (TPSA) is 76.6 Å². The number of halogens is 1. The zero-order chi connectivity index (χ0) is 21.4. The molecule has 2 heterocycles. The second-order valence-corrected chi connectivity index (χ2v) is 9.01. The second kappa shape index (κ2) is 8.17. The van der Waals surface area contributed by atoms with Crippen LogP contribution in [0.4, 0.5) is 11.4 Å². The van der Waals surface area contributed by atoms with Crippen LogP contribution in [0.25, 0.3) is 17.4 Å². The van der Waals surface area contributed by atoms with Gasteiger partial charge >= 0.3 is 0 Å². The molecule has 6 nitrogen and oxygen atoms in total. The van der Waals surface area contributed by atoms with Gasteiger partial charge in [0.05, 0.1) is 15.5 Å². The first-order chi connectivity index (χ1) is 14.3. The van der Waals surface area contributed by atoms with E-state index in [0.29, 0.717) is 26.4 Å². The molecule has 1 aliphatic rings. The quantitative estimate of drug-likeness (QED) is 0.180. The minimum atomic E-state index is -0.509. The molecule has 4 rings (SSSR count). The van der Waals surface area contributed by atoms with Crippen molar-refractivity contribution in [2.75, 3.05) is 4.90 Å². The number of furan rings is 1. The van der Waals surface area contributed by atoms with E-state index in [0.717, 1.165) is 27.4 Å². The minimum absolute atomic E-state index is 0.107. The number of benzene rings is 2. The Kier molecular flexibility index (Phi) is 5.59. The molecule has 0 spiro atoms. The molecule has 0 aliphatic carbocycles. The summed E-state index contributed by atoms with van der Waals surface area (Å²) in [5.41, 5.74) is 2.29. The molecule has 1 aliphatic heterocycles. The number of nitro benzene ring substituents is 1. The Labute approximate surface area is 189 Å². The maximum atomic E-state index is 12.9. The van der Waals surface area contributed by atoms with Crippen molar-refractivity contribution in [3.05, 3.63) is 85.4 Å². The molecule has 0 unspecified atom stereocenters. The number of carbonyl (C=O) groups is 1. The van der Waals surface area contributed by atoms with Crippen molar-refractivity contribution in [2.45, 2.75) is 6.92 Å². The smallest absolute Gasteiger partial charge is 0.271 e. The summed E-state index contributed by atoms with van der Waals surface area (Å²) in [6.07, 6.45) is 1.63. The highest BCUT2D eigenvalue weighted by atomic mass is 79.9. The number of aryl methyl sites for hydroxylation is 1. The van der Waals surface area contributed by atoms with Crippen molar-refractivity contribution >= 4 is 67.6 Å². The van der Waals surface area contributed by atoms with Crippen LogP contribution in [0, 0.1) is 17.0 Å². The van der Waals surface area contributed by atoms with Crippen LogP contribution in [0.15, 0.2) is 68.4 Å². The normalized spacial score (nSPS) is 15.3. The number of amides is 1. The molecule has 0 radical (unpaired) electrons. The van der Waals surface area contributed by atoms with E-state index in [1.54, 1.807) is 18.2 Å². The lowest BCUT2D eigenvalue weighted by Gasteiger charge is -2.13. The Hall–Kier alpha value is -2.75. The van der Waals surface area contributed by atoms with Crippen molar-refractivity contribution in [3.8, 4) is 11.3 Å². The van der Waals surface area contributed by atoms with E-state index < -0.39 is 4.92 Å². The average molecular weight is 501 g/mol. The fourth-order valence-corrected chi connectivity index (χ4v) is 4.93. The molecule has 1 amide bonds. The first kappa shape index (κ1) is 20.5. The summed E-state index contributed by atoms with van der Waals surface area (Å²) in [6.45, 7) is 2.01. The molecule has 30 heavy (non-hydrogen) atoms. The number of hydrogen-bond donors (Lipinski definition) is 0. The molecule has 1 aromatic heterocycles. The molecule has 1 saturated heterocycles. The third-order valence-electron chi connectivity index (χ3n) is 4.38. The number of carbonyl (C=O) groups excluding carboxylic acids is 1. The van der Waals surface area contributed by atoms with E-state index in [1.807, 2.05) is 31.2 Å². The van der Waals surface area contributed by atoms with Crippen LogP contribution in [0.1, 0.15) is 11.3 Å². The Morgan fingerprint density at radius 1 is 1.20 bits per heavy atom. The molecule has 0 bridgehead atoms. The van der Waals surface area contributed by atoms with E-state index >= 15 is 0 Å². The number of hydrogen-bond acceptors (Lipinski definition) is 6. The summed E-state index contributed by atoms with van der Waals surface area (Å²) in [6, 6.07) is 15.4. The van der Waals surface area contributed by atoms with Gasteiger partial charge < -0.3 is 4.42 Å². The second-order valence-electron chi connectivity index (χ2n) is 6.48. The standard InChI is InChI=1S/C21H13BrN2O4S2/c1-12-5-7-16(17(22)9-12)18-8-6-15(28-18)11-19-20(25)23(21(29)30-19)13-3-2-4-14(10-13)24(26)27/h2-11H,1H3. The third-order valence-corrected chi connectivity index (χ3v) is 6.34. The summed E-state index contributed by atoms with van der Waals surface area (Å²) in [7, 11) is 0. The van der Waals surface area contributed by atoms with Crippen molar-refractivity contribution in [2.24, 2.45) is 0 Å². The van der Waals surface area contributed by atoms with Crippen molar-refractivity contribution in [1.82, 2.24) is 0 Å². The van der Waals surface area contributed by atoms with Gasteiger partial charge in [-0.3, -0.25) is 19.8 Å². The predicted octanol–water partition coefficient (Wildman–Crippen LogP) is 6.33. The van der Waals surface area contributed by atoms with Crippen LogP contribution in [0.5, 0.6) is 0 Å². The Bertz CT molecular complexity index is 1240. The number of rotatable bonds is 4. The first-order valence-corrected chi connectivity index (χ1v) is 10.7. The zero-order valence-corrected chi connectivity index (χ0v) is 18.7. The van der Waals surface area contributed by atoms with Gasteiger partial charge in [-0.15, -0.1) is 0 Å². The van der Waals surface area contributed by atoms with Gasteiger partial charge in [0.15, 0.2) is 4.32 Å². The van der Waals surface area contributed by atoms with E-state index in [9.17, 15) is 14.9 Å². The molecule has 2 aromatic carbocycles. The molecule has 0 atom stereocenters. The monoisotopic (exact) mass is 500 g/mol. The van der Waals surface area contributed by atoms with Crippen LogP contribution in [0.2, 0.25) is 0 Å². The van der Waals surface area contributed by atoms with Crippen LogP contribution in [-0.2, 0) is 4.79 Å². The Morgan fingerprint density at radius 2 is 2.00 bits per heavy atom. The summed E-state index contributed by atoms with van der Waals surface area (Å²) >= 11 is 10.0. The van der Waals surface area contributed by atoms with Crippen LogP contribution in [0.3, 0.4) is 0 Å². The van der Waals surface area contributed by atoms with Gasteiger partial charge in [0.25, 0.3) is 11.6 Å². The summed E-state index contributed by atoms with van der Waals surface area (Å²) in [4.78, 5) is 25.1. The number of non-ortho nitro benzene ring substituents is 1. The summed E-state index contributed by atoms with van der Waals surface area (Å²) in [5.74, 6) is 0.833. The van der Waals surface area contributed by atoms with Crippen molar-refractivity contribution < 1.29 is 14.1 Å². The van der Waals surface area contributed by atoms with Gasteiger partial charge in [-0.25, -0.2) is 0 Å². The van der Waals surface area contributed by atoms with Gasteiger partial charge in [0.2, 0.25) is 0 Å². The highest BCUT2D eigenvalue weighted by Gasteiger charge is 2.34. The number of thiocarbonyl (C=S) groups is 1. The van der Waals surface area contributed by atoms with Gasteiger partial charge in [-0.1, -0.05) is 52.0 Å². The molecule has 3 aromatic rings. The first-order valence-electron chi connectivity index (χ1n) is 8.72. The number of nitrogens with zero attached hydrogens (tertiary/aromatic N) is 2. The van der Waals surface area contributed by atoms with Crippen LogP contribution >= 0.6 is 39.9 Å². The molecular formula is C21H13BrN2O4S2. The Morgan fingerprint density at radius 3 is 2.73 bits per heavy atom. The number of anilines is 1. The highest BCUT2D eigenvalue weighted by molar-refractivity contribution is 9.10. The largest absolute Gasteiger partial charge is 0.457 e. The van der Waals surface area contributed by atoms with Gasteiger partial charge in [0.1, 0.15) is 11.5 Å². The van der Waals surface area contributed by atoms with Gasteiger partial charge in [-0.2, -0.15) is 0 Å². The van der Waals surface area contributed by atoms with Crippen molar-refractivity contribution in [1.29, 1.82) is 0 Å². The fourth-order valence-electron chi connectivity index (χ4n) is 2.96.